The summed E-state index contributed by atoms with van der Waals surface area (Å²) in [4.78, 5) is 16.2. The third kappa shape index (κ3) is 3.45. The van der Waals surface area contributed by atoms with E-state index in [1.807, 2.05) is 13.0 Å². The second-order valence-electron chi connectivity index (χ2n) is 5.63. The zero-order valence-electron chi connectivity index (χ0n) is 11.9. The van der Waals surface area contributed by atoms with Gasteiger partial charge in [0.05, 0.1) is 5.56 Å². The predicted octanol–water partition coefficient (Wildman–Crippen LogP) is 3.34. The Morgan fingerprint density at radius 3 is 2.76 bits per heavy atom. The molecule has 0 spiro atoms. The number of hydrogen-bond donors (Lipinski definition) is 1. The molecule has 2 aromatic rings. The monoisotopic (exact) mass is 284 g/mol. The van der Waals surface area contributed by atoms with Gasteiger partial charge in [0.2, 0.25) is 0 Å². The molecular weight excluding hydrogens is 267 g/mol. The molecule has 0 atom stereocenters. The number of aromatic nitrogens is 1. The molecule has 0 saturated heterocycles. The van der Waals surface area contributed by atoms with Crippen LogP contribution in [0.25, 0.3) is 11.1 Å². The van der Waals surface area contributed by atoms with Crippen molar-refractivity contribution < 1.29 is 9.18 Å². The second-order valence-corrected chi connectivity index (χ2v) is 5.63. The number of carbonyl (C=O) groups is 1. The fourth-order valence-electron chi connectivity index (χ4n) is 2.29. The number of nitrogens with zero attached hydrogens (tertiary/aromatic N) is 1. The van der Waals surface area contributed by atoms with Crippen LogP contribution in [0.4, 0.5) is 4.39 Å². The number of pyridine rings is 1. The molecule has 3 nitrogen and oxygen atoms in total. The lowest BCUT2D eigenvalue weighted by atomic mass is 10.0. The standard InChI is InChI=1S/C17H17FN2O/c1-11-4-13(7-16(18)5-11)14-6-15(10-19-9-14)17(21)20-8-12-2-3-12/h4-7,9-10,12H,2-3,8H2,1H3,(H,20,21). The van der Waals surface area contributed by atoms with Crippen molar-refractivity contribution in [3.05, 3.63) is 53.6 Å². The van der Waals surface area contributed by atoms with Crippen LogP contribution >= 0.6 is 0 Å². The minimum absolute atomic E-state index is 0.121. The van der Waals surface area contributed by atoms with Gasteiger partial charge in [-0.05, 0) is 55.0 Å². The Balaban J connectivity index is 1.82. The Kier molecular flexibility index (Phi) is 3.69. The van der Waals surface area contributed by atoms with Crippen LogP contribution in [0.15, 0.2) is 36.7 Å². The van der Waals surface area contributed by atoms with Crippen LogP contribution in [0.5, 0.6) is 0 Å². The molecular formula is C17H17FN2O. The quantitative estimate of drug-likeness (QED) is 0.935. The fourth-order valence-corrected chi connectivity index (χ4v) is 2.29. The van der Waals surface area contributed by atoms with E-state index in [0.717, 1.165) is 23.2 Å². The van der Waals surface area contributed by atoms with E-state index in [0.29, 0.717) is 11.5 Å². The van der Waals surface area contributed by atoms with Gasteiger partial charge < -0.3 is 5.32 Å². The molecule has 0 bridgehead atoms. The van der Waals surface area contributed by atoms with Crippen LogP contribution in [0, 0.1) is 18.7 Å². The van der Waals surface area contributed by atoms with Crippen LogP contribution in [0.2, 0.25) is 0 Å². The summed E-state index contributed by atoms with van der Waals surface area (Å²) in [6.07, 6.45) is 5.58. The molecule has 4 heteroatoms. The maximum Gasteiger partial charge on any atom is 0.252 e. The normalized spacial score (nSPS) is 14.0. The molecule has 108 valence electrons. The average Bonchev–Trinajstić information content (AvgIpc) is 3.28. The van der Waals surface area contributed by atoms with Crippen LogP contribution in [-0.2, 0) is 0 Å². The summed E-state index contributed by atoms with van der Waals surface area (Å²) in [6, 6.07) is 6.56. The summed E-state index contributed by atoms with van der Waals surface area (Å²) in [5.74, 6) is 0.230. The van der Waals surface area contributed by atoms with Crippen LogP contribution in [0.3, 0.4) is 0 Å². The first kappa shape index (κ1) is 13.7. The van der Waals surface area contributed by atoms with Crippen molar-refractivity contribution in [3.8, 4) is 11.1 Å². The highest BCUT2D eigenvalue weighted by Crippen LogP contribution is 2.27. The molecule has 1 N–H and O–H groups in total. The van der Waals surface area contributed by atoms with E-state index in [1.54, 1.807) is 12.3 Å². The number of rotatable bonds is 4. The molecule has 0 aliphatic heterocycles. The van der Waals surface area contributed by atoms with Crippen molar-refractivity contribution in [1.82, 2.24) is 10.3 Å². The highest BCUT2D eigenvalue weighted by atomic mass is 19.1. The van der Waals surface area contributed by atoms with Crippen molar-refractivity contribution in [1.29, 1.82) is 0 Å². The number of carbonyl (C=O) groups excluding carboxylic acids is 1. The highest BCUT2D eigenvalue weighted by Gasteiger charge is 2.22. The third-order valence-corrected chi connectivity index (χ3v) is 3.62. The van der Waals surface area contributed by atoms with Gasteiger partial charge in [-0.2, -0.15) is 0 Å². The topological polar surface area (TPSA) is 42.0 Å². The Bertz CT molecular complexity index is 660. The SMILES string of the molecule is Cc1cc(F)cc(-c2cncc(C(=O)NCC3CC3)c2)c1. The first-order valence-corrected chi connectivity index (χ1v) is 7.12. The molecule has 1 aromatic carbocycles. The van der Waals surface area contributed by atoms with E-state index in [-0.39, 0.29) is 11.7 Å². The van der Waals surface area contributed by atoms with Gasteiger partial charge in [-0.1, -0.05) is 6.07 Å². The Morgan fingerprint density at radius 2 is 2.05 bits per heavy atom. The van der Waals surface area contributed by atoms with E-state index in [9.17, 15) is 9.18 Å². The van der Waals surface area contributed by atoms with Gasteiger partial charge >= 0.3 is 0 Å². The Hall–Kier alpha value is -2.23. The van der Waals surface area contributed by atoms with Gasteiger partial charge in [-0.15, -0.1) is 0 Å². The minimum atomic E-state index is -0.284. The first-order valence-electron chi connectivity index (χ1n) is 7.12. The average molecular weight is 284 g/mol. The maximum atomic E-state index is 13.5. The van der Waals surface area contributed by atoms with Gasteiger partial charge in [0, 0.05) is 24.5 Å². The summed E-state index contributed by atoms with van der Waals surface area (Å²) >= 11 is 0. The molecule has 3 rings (SSSR count). The van der Waals surface area contributed by atoms with E-state index in [2.05, 4.69) is 10.3 Å². The van der Waals surface area contributed by atoms with Gasteiger partial charge in [0.1, 0.15) is 5.82 Å². The maximum absolute atomic E-state index is 13.5. The zero-order chi connectivity index (χ0) is 14.8. The Labute approximate surface area is 123 Å². The van der Waals surface area contributed by atoms with E-state index < -0.39 is 0 Å². The van der Waals surface area contributed by atoms with Gasteiger partial charge in [-0.25, -0.2) is 4.39 Å². The van der Waals surface area contributed by atoms with Crippen LogP contribution in [0.1, 0.15) is 28.8 Å². The lowest BCUT2D eigenvalue weighted by molar-refractivity contribution is 0.0951. The molecule has 1 aromatic heterocycles. The summed E-state index contributed by atoms with van der Waals surface area (Å²) in [5, 5.41) is 2.91. The molecule has 1 aliphatic rings. The lowest BCUT2D eigenvalue weighted by Gasteiger charge is -2.07. The molecule has 1 fully saturated rings. The minimum Gasteiger partial charge on any atom is -0.352 e. The molecule has 0 radical (unpaired) electrons. The van der Waals surface area contributed by atoms with E-state index >= 15 is 0 Å². The molecule has 0 unspecified atom stereocenters. The summed E-state index contributed by atoms with van der Waals surface area (Å²) < 4.78 is 13.5. The zero-order valence-corrected chi connectivity index (χ0v) is 11.9. The number of aryl methyl sites for hydroxylation is 1. The van der Waals surface area contributed by atoms with Crippen LogP contribution in [-0.4, -0.2) is 17.4 Å². The summed E-state index contributed by atoms with van der Waals surface area (Å²) in [7, 11) is 0. The largest absolute Gasteiger partial charge is 0.352 e. The van der Waals surface area contributed by atoms with Crippen molar-refractivity contribution in [3.63, 3.8) is 0 Å². The highest BCUT2D eigenvalue weighted by molar-refractivity contribution is 5.95. The van der Waals surface area contributed by atoms with E-state index in [1.165, 1.54) is 31.2 Å². The molecule has 1 aliphatic carbocycles. The van der Waals surface area contributed by atoms with Crippen molar-refractivity contribution in [2.24, 2.45) is 5.92 Å². The smallest absolute Gasteiger partial charge is 0.252 e. The number of benzene rings is 1. The number of nitrogens with one attached hydrogen (secondary N) is 1. The number of hydrogen-bond acceptors (Lipinski definition) is 2. The van der Waals surface area contributed by atoms with Gasteiger partial charge in [0.25, 0.3) is 5.91 Å². The fraction of sp³-hybridized carbons (Fsp3) is 0.294. The molecule has 1 heterocycles. The van der Waals surface area contributed by atoms with Crippen LogP contribution < -0.4 is 5.32 Å². The van der Waals surface area contributed by atoms with Crippen molar-refractivity contribution in [2.75, 3.05) is 6.54 Å². The number of amides is 1. The predicted molar refractivity (Wildman–Crippen MR) is 79.4 cm³/mol. The molecule has 1 amide bonds. The molecule has 1 saturated carbocycles. The number of halogens is 1. The van der Waals surface area contributed by atoms with Crippen molar-refractivity contribution in [2.45, 2.75) is 19.8 Å². The lowest BCUT2D eigenvalue weighted by Crippen LogP contribution is -2.25. The van der Waals surface area contributed by atoms with Gasteiger partial charge in [0.15, 0.2) is 0 Å². The second kappa shape index (κ2) is 5.64. The summed E-state index contributed by atoms with van der Waals surface area (Å²) in [5.41, 5.74) is 2.83. The first-order chi connectivity index (χ1) is 10.1. The summed E-state index contributed by atoms with van der Waals surface area (Å²) in [6.45, 7) is 2.56. The Morgan fingerprint density at radius 1 is 1.24 bits per heavy atom. The van der Waals surface area contributed by atoms with Gasteiger partial charge in [-0.3, -0.25) is 9.78 Å². The van der Waals surface area contributed by atoms with E-state index in [4.69, 9.17) is 0 Å². The van der Waals surface area contributed by atoms with Crippen molar-refractivity contribution >= 4 is 5.91 Å². The third-order valence-electron chi connectivity index (χ3n) is 3.62. The molecule has 21 heavy (non-hydrogen) atoms.